The number of nitrogens with two attached hydrogens (primary N) is 1. The number of anilines is 1. The molecule has 0 saturated heterocycles. The minimum absolute atomic E-state index is 0.102. The average molecular weight is 557 g/mol. The lowest BCUT2D eigenvalue weighted by atomic mass is 9.99. The molecule has 1 atom stereocenters. The lowest BCUT2D eigenvalue weighted by Gasteiger charge is -2.34. The van der Waals surface area contributed by atoms with Crippen LogP contribution in [0.25, 0.3) is 0 Å². The van der Waals surface area contributed by atoms with Gasteiger partial charge in [0.1, 0.15) is 12.4 Å². The molecule has 1 unspecified atom stereocenters. The Hall–Kier alpha value is -5.32. The second-order valence-corrected chi connectivity index (χ2v) is 9.11. The van der Waals surface area contributed by atoms with Gasteiger partial charge in [-0.3, -0.25) is 15.0 Å². The number of imidazole rings is 1. The molecule has 41 heavy (non-hydrogen) atoms. The molecule has 0 saturated carbocycles. The molecule has 11 nitrogen and oxygen atoms in total. The third kappa shape index (κ3) is 7.21. The molecule has 0 aliphatic heterocycles. The summed E-state index contributed by atoms with van der Waals surface area (Å²) in [5, 5.41) is 13.6. The Labute approximate surface area is 237 Å². The number of benzene rings is 3. The number of H-pyrrole nitrogens is 1. The number of aromatic nitrogens is 2. The molecule has 0 spiro atoms. The van der Waals surface area contributed by atoms with Crippen molar-refractivity contribution in [1.29, 1.82) is 5.41 Å². The summed E-state index contributed by atoms with van der Waals surface area (Å²) >= 11 is 0. The number of carbonyl (C=O) groups excluding carboxylic acids is 2. The van der Waals surface area contributed by atoms with Gasteiger partial charge in [0, 0.05) is 48.6 Å². The van der Waals surface area contributed by atoms with Crippen LogP contribution < -0.4 is 25.8 Å². The molecular formula is C30H32N6O5. The monoisotopic (exact) mass is 556 g/mol. The number of nitrogens with one attached hydrogen (secondary N) is 4. The van der Waals surface area contributed by atoms with Gasteiger partial charge in [0.25, 0.3) is 11.6 Å². The summed E-state index contributed by atoms with van der Waals surface area (Å²) in [4.78, 5) is 33.3. The quantitative estimate of drug-likeness (QED) is 0.0723. The summed E-state index contributed by atoms with van der Waals surface area (Å²) < 4.78 is 17.4. The third-order valence-corrected chi connectivity index (χ3v) is 6.17. The highest BCUT2D eigenvalue weighted by Gasteiger charge is 2.45. The number of rotatable bonds is 13. The van der Waals surface area contributed by atoms with Gasteiger partial charge >= 0.3 is 5.97 Å². The molecule has 3 aromatic carbocycles. The van der Waals surface area contributed by atoms with Crippen LogP contribution in [0.4, 0.5) is 5.69 Å². The van der Waals surface area contributed by atoms with E-state index in [2.05, 4.69) is 20.6 Å². The van der Waals surface area contributed by atoms with Crippen LogP contribution in [0.1, 0.15) is 29.3 Å². The zero-order chi connectivity index (χ0) is 29.2. The fourth-order valence-electron chi connectivity index (χ4n) is 4.14. The van der Waals surface area contributed by atoms with E-state index in [-0.39, 0.29) is 12.4 Å². The number of nitrogens with zero attached hydrogens (tertiary/aromatic N) is 1. The lowest BCUT2D eigenvalue weighted by Crippen LogP contribution is -2.53. The van der Waals surface area contributed by atoms with Gasteiger partial charge in [-0.15, -0.1) is 0 Å². The first kappa shape index (κ1) is 28.7. The minimum Gasteiger partial charge on any atom is -0.493 e. The first-order valence-electron chi connectivity index (χ1n) is 12.8. The van der Waals surface area contributed by atoms with Crippen LogP contribution in [-0.2, 0) is 33.1 Å². The summed E-state index contributed by atoms with van der Waals surface area (Å²) in [7, 11) is 1.49. The van der Waals surface area contributed by atoms with E-state index < -0.39 is 17.6 Å². The predicted molar refractivity (Wildman–Crippen MR) is 154 cm³/mol. The number of nitrogen functional groups attached to an aromatic ring is 1. The fraction of sp³-hybridized carbons (Fsp3) is 0.200. The van der Waals surface area contributed by atoms with Crippen molar-refractivity contribution in [3.63, 3.8) is 0 Å². The van der Waals surface area contributed by atoms with Crippen LogP contribution in [0.5, 0.6) is 11.5 Å². The molecule has 0 aliphatic carbocycles. The molecule has 11 heteroatoms. The van der Waals surface area contributed by atoms with Crippen LogP contribution >= 0.6 is 0 Å². The van der Waals surface area contributed by atoms with Crippen LogP contribution in [0.3, 0.4) is 0 Å². The van der Waals surface area contributed by atoms with E-state index in [9.17, 15) is 9.59 Å². The van der Waals surface area contributed by atoms with Gasteiger partial charge in [-0.05, 0) is 48.0 Å². The third-order valence-electron chi connectivity index (χ3n) is 6.17. The van der Waals surface area contributed by atoms with E-state index in [1.165, 1.54) is 14.0 Å². The van der Waals surface area contributed by atoms with Gasteiger partial charge in [-0.1, -0.05) is 30.3 Å². The molecule has 1 amide bonds. The number of amides is 1. The van der Waals surface area contributed by atoms with E-state index in [0.29, 0.717) is 41.3 Å². The molecule has 0 bridgehead atoms. The molecule has 4 rings (SSSR count). The van der Waals surface area contributed by atoms with Crippen LogP contribution in [0.2, 0.25) is 0 Å². The lowest BCUT2D eigenvalue weighted by molar-refractivity contribution is -0.165. The molecule has 1 heterocycles. The summed E-state index contributed by atoms with van der Waals surface area (Å²) in [6.45, 7) is 1.77. The summed E-state index contributed by atoms with van der Waals surface area (Å²) in [6, 6.07) is 21.1. The van der Waals surface area contributed by atoms with Crippen molar-refractivity contribution in [2.75, 3.05) is 19.0 Å². The van der Waals surface area contributed by atoms with Crippen LogP contribution in [0.15, 0.2) is 85.3 Å². The number of amidine groups is 1. The van der Waals surface area contributed by atoms with Crippen molar-refractivity contribution >= 4 is 23.4 Å². The average Bonchev–Trinajstić information content (AvgIpc) is 3.49. The van der Waals surface area contributed by atoms with Crippen LogP contribution in [-0.4, -0.2) is 41.3 Å². The Kier molecular flexibility index (Phi) is 9.20. The van der Waals surface area contributed by atoms with Crippen LogP contribution in [0, 0.1) is 5.41 Å². The molecule has 0 fully saturated rings. The summed E-state index contributed by atoms with van der Waals surface area (Å²) in [5.41, 5.74) is 6.66. The second kappa shape index (κ2) is 13.2. The molecule has 0 aliphatic rings. The number of aromatic amines is 1. The SMILES string of the molecule is COc1cc(C(Nc2ccc(C(=N)N)cc2)(OC(C)=O)C(=O)NCCc2cnc[nH]2)ccc1OCc1ccccc1. The molecule has 4 aromatic rings. The van der Waals surface area contributed by atoms with E-state index in [1.54, 1.807) is 55.0 Å². The van der Waals surface area contributed by atoms with E-state index >= 15 is 0 Å². The Morgan fingerprint density at radius 2 is 1.80 bits per heavy atom. The number of hydrogen-bond donors (Lipinski definition) is 5. The number of esters is 1. The molecule has 212 valence electrons. The first-order chi connectivity index (χ1) is 19.8. The van der Waals surface area contributed by atoms with Gasteiger partial charge < -0.3 is 35.6 Å². The standard InChI is InChI=1S/C30H32N6O5/c1-20(37)41-30(29(38)34-15-14-25-17-33-19-35-25,36-24-11-8-22(9-12-24)28(31)32)23-10-13-26(27(16-23)39-2)40-18-21-6-4-3-5-7-21/h3-13,16-17,19,36H,14-15,18H2,1-2H3,(H3,31,32)(H,33,35)(H,34,38). The Balaban J connectivity index is 1.70. The maximum Gasteiger partial charge on any atom is 0.305 e. The van der Waals surface area contributed by atoms with Crippen molar-refractivity contribution in [3.8, 4) is 11.5 Å². The van der Waals surface area contributed by atoms with Gasteiger partial charge in [-0.25, -0.2) is 4.98 Å². The van der Waals surface area contributed by atoms with Crippen molar-refractivity contribution in [2.24, 2.45) is 5.73 Å². The number of methoxy groups -OCH3 is 1. The summed E-state index contributed by atoms with van der Waals surface area (Å²) in [6.07, 6.45) is 3.70. The molecular weight excluding hydrogens is 524 g/mol. The topological polar surface area (TPSA) is 164 Å². The molecule has 0 radical (unpaired) electrons. The van der Waals surface area contributed by atoms with Crippen molar-refractivity contribution < 1.29 is 23.8 Å². The van der Waals surface area contributed by atoms with E-state index in [1.807, 2.05) is 30.3 Å². The molecule has 6 N–H and O–H groups in total. The minimum atomic E-state index is -1.98. The predicted octanol–water partition coefficient (Wildman–Crippen LogP) is 3.47. The highest BCUT2D eigenvalue weighted by Crippen LogP contribution is 2.36. The summed E-state index contributed by atoms with van der Waals surface area (Å²) in [5.74, 6) is -0.612. The highest BCUT2D eigenvalue weighted by atomic mass is 16.6. The van der Waals surface area contributed by atoms with Crippen molar-refractivity contribution in [2.45, 2.75) is 25.7 Å². The second-order valence-electron chi connectivity index (χ2n) is 9.11. The molecule has 1 aromatic heterocycles. The number of ether oxygens (including phenoxy) is 3. The first-order valence-corrected chi connectivity index (χ1v) is 12.8. The Morgan fingerprint density at radius 3 is 2.44 bits per heavy atom. The zero-order valence-electron chi connectivity index (χ0n) is 22.8. The van der Waals surface area contributed by atoms with E-state index in [4.69, 9.17) is 25.4 Å². The van der Waals surface area contributed by atoms with Gasteiger partial charge in [0.2, 0.25) is 0 Å². The number of carbonyl (C=O) groups is 2. The van der Waals surface area contributed by atoms with Gasteiger partial charge in [0.05, 0.1) is 13.4 Å². The zero-order valence-corrected chi connectivity index (χ0v) is 22.8. The largest absolute Gasteiger partial charge is 0.493 e. The van der Waals surface area contributed by atoms with Gasteiger partial charge in [0.15, 0.2) is 11.5 Å². The number of hydrogen-bond acceptors (Lipinski definition) is 8. The fourth-order valence-corrected chi connectivity index (χ4v) is 4.14. The maximum absolute atomic E-state index is 13.9. The van der Waals surface area contributed by atoms with Crippen molar-refractivity contribution in [1.82, 2.24) is 15.3 Å². The van der Waals surface area contributed by atoms with E-state index in [0.717, 1.165) is 11.3 Å². The highest BCUT2D eigenvalue weighted by molar-refractivity contribution is 5.95. The smallest absolute Gasteiger partial charge is 0.305 e. The van der Waals surface area contributed by atoms with Gasteiger partial charge in [-0.2, -0.15) is 0 Å². The normalized spacial score (nSPS) is 12.0. The Morgan fingerprint density at radius 1 is 1.05 bits per heavy atom. The Bertz CT molecular complexity index is 1480. The van der Waals surface area contributed by atoms with Crippen molar-refractivity contribution in [3.05, 3.63) is 108 Å². The maximum atomic E-state index is 13.9.